The number of aromatic nitrogens is 2. The van der Waals surface area contributed by atoms with Crippen molar-refractivity contribution < 1.29 is 9.72 Å². The predicted molar refractivity (Wildman–Crippen MR) is 106 cm³/mol. The first kappa shape index (κ1) is 20.6. The average molecular weight is 396 g/mol. The van der Waals surface area contributed by atoms with Crippen molar-refractivity contribution in [2.75, 3.05) is 0 Å². The van der Waals surface area contributed by atoms with E-state index in [1.807, 2.05) is 31.3 Å². The molecule has 1 heterocycles. The van der Waals surface area contributed by atoms with Crippen LogP contribution in [0.1, 0.15) is 38.2 Å². The van der Waals surface area contributed by atoms with Gasteiger partial charge in [-0.2, -0.15) is 0 Å². The second-order valence-corrected chi connectivity index (χ2v) is 12.7. The fraction of sp³-hybridized carbons (Fsp3) is 0.500. The van der Waals surface area contributed by atoms with E-state index in [9.17, 15) is 14.9 Å². The van der Waals surface area contributed by atoms with Crippen LogP contribution in [0.3, 0.4) is 0 Å². The predicted octanol–water partition coefficient (Wildman–Crippen LogP) is 4.99. The quantitative estimate of drug-likeness (QED) is 0.388. The minimum Gasteiger partial charge on any atom is -0.432 e. The van der Waals surface area contributed by atoms with Crippen LogP contribution in [0, 0.1) is 10.1 Å². The number of imidazole rings is 1. The molecule has 1 N–H and O–H groups in total. The Kier molecular flexibility index (Phi) is 6.26. The van der Waals surface area contributed by atoms with Gasteiger partial charge in [-0.3, -0.25) is 4.57 Å². The zero-order valence-corrected chi connectivity index (χ0v) is 17.4. The molecule has 2 rings (SSSR count). The molecule has 0 spiro atoms. The topological polar surface area (TPSA) is 81.2 Å². The summed E-state index contributed by atoms with van der Waals surface area (Å²) in [5.74, 6) is -0.0295. The molecule has 0 amide bonds. The van der Waals surface area contributed by atoms with E-state index in [4.69, 9.17) is 11.6 Å². The Labute approximate surface area is 160 Å². The first-order valence-electron chi connectivity index (χ1n) is 8.65. The highest BCUT2D eigenvalue weighted by Gasteiger charge is 2.39. The van der Waals surface area contributed by atoms with E-state index in [-0.39, 0.29) is 22.1 Å². The molecule has 0 aliphatic rings. The Hall–Kier alpha value is -1.70. The Morgan fingerprint density at radius 2 is 1.96 bits per heavy atom. The molecular formula is C18H26ClN3O3Si. The molecule has 0 radical (unpaired) electrons. The molecule has 0 saturated heterocycles. The summed E-state index contributed by atoms with van der Waals surface area (Å²) in [7, 11) is -2.35. The van der Waals surface area contributed by atoms with Crippen molar-refractivity contribution in [3.8, 4) is 0 Å². The standard InChI is InChI=1S/C18H26ClN3O3Si/c1-18(2,26(3,4)25)12-15(14-8-6-5-7-9-14)10-11-21-13-16(22(23)24)20-17(21)19/h5-9,13,15,25H,10-12H2,1-4H3. The number of aryl methyl sites for hydroxylation is 1. The first-order valence-corrected chi connectivity index (χ1v) is 12.0. The molecule has 6 nitrogen and oxygen atoms in total. The second kappa shape index (κ2) is 7.90. The zero-order valence-electron chi connectivity index (χ0n) is 15.6. The third-order valence-electron chi connectivity index (χ3n) is 5.30. The van der Waals surface area contributed by atoms with Crippen LogP contribution in [0.25, 0.3) is 0 Å². The minimum atomic E-state index is -2.35. The number of rotatable bonds is 8. The smallest absolute Gasteiger partial charge is 0.383 e. The van der Waals surface area contributed by atoms with Crippen molar-refractivity contribution in [3.63, 3.8) is 0 Å². The maximum Gasteiger partial charge on any atom is 0.383 e. The lowest BCUT2D eigenvalue weighted by Crippen LogP contribution is -2.40. The van der Waals surface area contributed by atoms with Crippen molar-refractivity contribution in [1.29, 1.82) is 0 Å². The van der Waals surface area contributed by atoms with Crippen LogP contribution < -0.4 is 0 Å². The van der Waals surface area contributed by atoms with Crippen molar-refractivity contribution >= 4 is 25.7 Å². The van der Waals surface area contributed by atoms with E-state index in [1.54, 1.807) is 4.57 Å². The lowest BCUT2D eigenvalue weighted by atomic mass is 9.87. The molecule has 0 aliphatic carbocycles. The van der Waals surface area contributed by atoms with Gasteiger partial charge < -0.3 is 14.9 Å². The van der Waals surface area contributed by atoms with E-state index in [1.165, 1.54) is 11.8 Å². The van der Waals surface area contributed by atoms with Crippen molar-refractivity contribution in [3.05, 3.63) is 57.5 Å². The fourth-order valence-electron chi connectivity index (χ4n) is 2.90. The largest absolute Gasteiger partial charge is 0.432 e. The molecule has 2 aromatic rings. The van der Waals surface area contributed by atoms with E-state index < -0.39 is 13.2 Å². The molecule has 0 aliphatic heterocycles. The second-order valence-electron chi connectivity index (χ2n) is 7.86. The highest BCUT2D eigenvalue weighted by atomic mass is 35.5. The molecule has 26 heavy (non-hydrogen) atoms. The molecule has 0 bridgehead atoms. The summed E-state index contributed by atoms with van der Waals surface area (Å²) >= 11 is 6.04. The fourth-order valence-corrected chi connectivity index (χ4v) is 3.86. The maximum absolute atomic E-state index is 10.9. The Balaban J connectivity index is 2.21. The third-order valence-corrected chi connectivity index (χ3v) is 9.12. The molecule has 8 heteroatoms. The Morgan fingerprint density at radius 3 is 2.46 bits per heavy atom. The Morgan fingerprint density at radius 1 is 1.35 bits per heavy atom. The number of halogens is 1. The average Bonchev–Trinajstić information content (AvgIpc) is 2.92. The number of nitro groups is 1. The highest BCUT2D eigenvalue weighted by Crippen LogP contribution is 2.45. The van der Waals surface area contributed by atoms with E-state index in [0.717, 1.165) is 12.8 Å². The van der Waals surface area contributed by atoms with E-state index in [0.29, 0.717) is 6.54 Å². The van der Waals surface area contributed by atoms with Gasteiger partial charge in [-0.25, -0.2) is 0 Å². The van der Waals surface area contributed by atoms with Crippen LogP contribution in [0.2, 0.25) is 23.4 Å². The molecular weight excluding hydrogens is 370 g/mol. The van der Waals surface area contributed by atoms with Crippen LogP contribution in [0.4, 0.5) is 5.82 Å². The molecule has 142 valence electrons. The van der Waals surface area contributed by atoms with Gasteiger partial charge in [0.15, 0.2) is 8.32 Å². The molecule has 1 aromatic carbocycles. The minimum absolute atomic E-state index is 0.125. The van der Waals surface area contributed by atoms with Crippen LogP contribution in [0.15, 0.2) is 36.5 Å². The number of benzene rings is 1. The molecule has 0 fully saturated rings. The summed E-state index contributed by atoms with van der Waals surface area (Å²) in [5.41, 5.74) is 1.20. The van der Waals surface area contributed by atoms with Gasteiger partial charge in [0.1, 0.15) is 6.20 Å². The first-order chi connectivity index (χ1) is 12.0. The van der Waals surface area contributed by atoms with Gasteiger partial charge in [-0.15, -0.1) is 0 Å². The van der Waals surface area contributed by atoms with Crippen molar-refractivity contribution in [2.24, 2.45) is 0 Å². The Bertz CT molecular complexity index is 757. The summed E-state index contributed by atoms with van der Waals surface area (Å²) in [6.45, 7) is 8.69. The molecule has 1 unspecified atom stereocenters. The van der Waals surface area contributed by atoms with Gasteiger partial charge in [0.25, 0.3) is 0 Å². The summed E-state index contributed by atoms with van der Waals surface area (Å²) in [4.78, 5) is 24.8. The summed E-state index contributed by atoms with van der Waals surface area (Å²) < 4.78 is 1.62. The molecule has 1 atom stereocenters. The van der Waals surface area contributed by atoms with E-state index >= 15 is 0 Å². The van der Waals surface area contributed by atoms with Crippen LogP contribution in [0.5, 0.6) is 0 Å². The molecule has 0 saturated carbocycles. The molecule has 1 aromatic heterocycles. The zero-order chi connectivity index (χ0) is 19.5. The number of hydrogen-bond donors (Lipinski definition) is 1. The lowest BCUT2D eigenvalue weighted by molar-refractivity contribution is -0.389. The van der Waals surface area contributed by atoms with Gasteiger partial charge in [0, 0.05) is 6.54 Å². The van der Waals surface area contributed by atoms with Crippen molar-refractivity contribution in [1.82, 2.24) is 9.55 Å². The highest BCUT2D eigenvalue weighted by molar-refractivity contribution is 6.72. The third kappa shape index (κ3) is 4.93. The number of hydrogen-bond acceptors (Lipinski definition) is 4. The summed E-state index contributed by atoms with van der Waals surface area (Å²) in [6, 6.07) is 10.2. The van der Waals surface area contributed by atoms with Crippen LogP contribution >= 0.6 is 11.6 Å². The van der Waals surface area contributed by atoms with Crippen molar-refractivity contribution in [2.45, 2.75) is 57.3 Å². The van der Waals surface area contributed by atoms with E-state index in [2.05, 4.69) is 31.0 Å². The monoisotopic (exact) mass is 395 g/mol. The van der Waals surface area contributed by atoms with Gasteiger partial charge in [-0.05, 0) is 64.0 Å². The van der Waals surface area contributed by atoms with Gasteiger partial charge in [-0.1, -0.05) is 44.2 Å². The normalized spacial score (nSPS) is 13.6. The maximum atomic E-state index is 10.9. The number of nitrogens with zero attached hydrogens (tertiary/aromatic N) is 3. The van der Waals surface area contributed by atoms with Crippen LogP contribution in [-0.4, -0.2) is 27.6 Å². The van der Waals surface area contributed by atoms with Gasteiger partial charge >= 0.3 is 11.1 Å². The van der Waals surface area contributed by atoms with Gasteiger partial charge in [0.05, 0.1) is 0 Å². The summed E-state index contributed by atoms with van der Waals surface area (Å²) in [6.07, 6.45) is 2.96. The SMILES string of the molecule is CC(C)(CC(CCn1cc([N+](=O)[O-])nc1Cl)c1ccccc1)[Si](C)(C)O. The van der Waals surface area contributed by atoms with Crippen LogP contribution in [-0.2, 0) is 6.54 Å². The lowest BCUT2D eigenvalue weighted by Gasteiger charge is -2.38. The summed E-state index contributed by atoms with van der Waals surface area (Å²) in [5, 5.41) is 10.8. The van der Waals surface area contributed by atoms with Gasteiger partial charge in [0.2, 0.25) is 0 Å².